The van der Waals surface area contributed by atoms with Crippen LogP contribution in [-0.4, -0.2) is 19.0 Å². The van der Waals surface area contributed by atoms with Crippen LogP contribution < -0.4 is 10.6 Å². The van der Waals surface area contributed by atoms with E-state index in [4.69, 9.17) is 6.42 Å². The molecule has 0 radical (unpaired) electrons. The van der Waals surface area contributed by atoms with Gasteiger partial charge in [0.15, 0.2) is 0 Å². The lowest BCUT2D eigenvalue weighted by Gasteiger charge is -2.08. The smallest absolute Gasteiger partial charge is 0.238 e. The van der Waals surface area contributed by atoms with Crippen molar-refractivity contribution in [1.29, 1.82) is 0 Å². The molecule has 3 nitrogen and oxygen atoms in total. The van der Waals surface area contributed by atoms with Crippen molar-refractivity contribution in [2.24, 2.45) is 0 Å². The van der Waals surface area contributed by atoms with Gasteiger partial charge < -0.3 is 5.32 Å². The third kappa shape index (κ3) is 4.71. The van der Waals surface area contributed by atoms with E-state index in [0.29, 0.717) is 12.5 Å². The average Bonchev–Trinajstić information content (AvgIpc) is 2.30. The Balaban J connectivity index is 2.46. The van der Waals surface area contributed by atoms with Crippen molar-refractivity contribution in [2.45, 2.75) is 19.8 Å². The summed E-state index contributed by atoms with van der Waals surface area (Å²) < 4.78 is 0. The van der Waals surface area contributed by atoms with Crippen LogP contribution in [0.25, 0.3) is 0 Å². The van der Waals surface area contributed by atoms with Crippen molar-refractivity contribution in [3.8, 4) is 12.3 Å². The zero-order valence-corrected chi connectivity index (χ0v) is 10.3. The van der Waals surface area contributed by atoms with Crippen molar-refractivity contribution in [2.75, 3.05) is 18.4 Å². The van der Waals surface area contributed by atoms with Crippen molar-refractivity contribution in [3.63, 3.8) is 0 Å². The fourth-order valence-electron chi connectivity index (χ4n) is 1.40. The fourth-order valence-corrected chi connectivity index (χ4v) is 1.40. The molecule has 17 heavy (non-hydrogen) atoms. The summed E-state index contributed by atoms with van der Waals surface area (Å²) in [5, 5.41) is 5.63. The number of hydrogen-bond donors (Lipinski definition) is 2. The molecule has 0 fully saturated rings. The highest BCUT2D eigenvalue weighted by Gasteiger charge is 2.02. The second-order valence-corrected chi connectivity index (χ2v) is 4.13. The summed E-state index contributed by atoms with van der Waals surface area (Å²) in [5.41, 5.74) is 2.07. The van der Waals surface area contributed by atoms with Crippen LogP contribution in [0.1, 0.15) is 25.3 Å². The normalized spacial score (nSPS) is 10.0. The molecule has 0 bridgehead atoms. The average molecular weight is 230 g/mol. The Morgan fingerprint density at radius 1 is 1.35 bits per heavy atom. The highest BCUT2D eigenvalue weighted by atomic mass is 16.1. The molecule has 0 aliphatic carbocycles. The molecular weight excluding hydrogens is 212 g/mol. The van der Waals surface area contributed by atoms with E-state index in [9.17, 15) is 4.79 Å². The lowest BCUT2D eigenvalue weighted by Crippen LogP contribution is -2.28. The van der Waals surface area contributed by atoms with Crippen LogP contribution in [0.15, 0.2) is 24.3 Å². The Bertz CT molecular complexity index is 401. The third-order valence-electron chi connectivity index (χ3n) is 2.37. The maximum Gasteiger partial charge on any atom is 0.238 e. The van der Waals surface area contributed by atoms with Crippen molar-refractivity contribution >= 4 is 11.6 Å². The highest BCUT2D eigenvalue weighted by Crippen LogP contribution is 2.16. The van der Waals surface area contributed by atoms with Gasteiger partial charge in [-0.05, 0) is 23.6 Å². The molecule has 2 N–H and O–H groups in total. The molecular formula is C14H18N2O. The van der Waals surface area contributed by atoms with E-state index in [0.717, 1.165) is 5.69 Å². The highest BCUT2D eigenvalue weighted by molar-refractivity contribution is 5.92. The lowest BCUT2D eigenvalue weighted by molar-refractivity contribution is -0.115. The van der Waals surface area contributed by atoms with Crippen LogP contribution in [0, 0.1) is 12.3 Å². The number of terminal acetylenes is 1. The minimum Gasteiger partial charge on any atom is -0.325 e. The number of carbonyl (C=O) groups excluding carboxylic acids is 1. The van der Waals surface area contributed by atoms with Crippen LogP contribution in [0.3, 0.4) is 0 Å². The minimum absolute atomic E-state index is 0.0856. The van der Waals surface area contributed by atoms with Crippen molar-refractivity contribution in [3.05, 3.63) is 29.8 Å². The largest absolute Gasteiger partial charge is 0.325 e. The Morgan fingerprint density at radius 2 is 2.00 bits per heavy atom. The Morgan fingerprint density at radius 3 is 2.53 bits per heavy atom. The second-order valence-electron chi connectivity index (χ2n) is 4.13. The predicted molar refractivity (Wildman–Crippen MR) is 70.9 cm³/mol. The molecule has 0 atom stereocenters. The lowest BCUT2D eigenvalue weighted by atomic mass is 10.0. The molecule has 0 saturated carbocycles. The van der Waals surface area contributed by atoms with Crippen LogP contribution in [0.5, 0.6) is 0 Å². The number of anilines is 1. The first-order valence-electron chi connectivity index (χ1n) is 5.67. The standard InChI is InChI=1S/C14H18N2O/c1-4-9-15-10-14(17)16-13-7-5-12(6-8-13)11(2)3/h1,5-8,11,15H,9-10H2,2-3H3,(H,16,17). The number of rotatable bonds is 5. The molecule has 0 saturated heterocycles. The Labute approximate surface area is 103 Å². The van der Waals surface area contributed by atoms with Crippen molar-refractivity contribution < 1.29 is 4.79 Å². The topological polar surface area (TPSA) is 41.1 Å². The van der Waals surface area contributed by atoms with Gasteiger partial charge in [0.2, 0.25) is 5.91 Å². The monoisotopic (exact) mass is 230 g/mol. The van der Waals surface area contributed by atoms with Gasteiger partial charge in [-0.25, -0.2) is 0 Å². The molecule has 1 amide bonds. The molecule has 90 valence electrons. The summed E-state index contributed by atoms with van der Waals surface area (Å²) in [6.07, 6.45) is 5.07. The molecule has 3 heteroatoms. The van der Waals surface area contributed by atoms with E-state index >= 15 is 0 Å². The van der Waals surface area contributed by atoms with Gasteiger partial charge >= 0.3 is 0 Å². The number of amides is 1. The van der Waals surface area contributed by atoms with Gasteiger partial charge in [-0.3, -0.25) is 10.1 Å². The summed E-state index contributed by atoms with van der Waals surface area (Å²) in [5.74, 6) is 2.83. The molecule has 1 rings (SSSR count). The zero-order valence-electron chi connectivity index (χ0n) is 10.3. The summed E-state index contributed by atoms with van der Waals surface area (Å²) in [7, 11) is 0. The van der Waals surface area contributed by atoms with Gasteiger partial charge in [-0.1, -0.05) is 31.9 Å². The van der Waals surface area contributed by atoms with Gasteiger partial charge in [0, 0.05) is 5.69 Å². The number of carbonyl (C=O) groups is 1. The number of nitrogens with one attached hydrogen (secondary N) is 2. The zero-order chi connectivity index (χ0) is 12.7. The fraction of sp³-hybridized carbons (Fsp3) is 0.357. The van der Waals surface area contributed by atoms with E-state index in [-0.39, 0.29) is 12.5 Å². The van der Waals surface area contributed by atoms with E-state index in [1.807, 2.05) is 24.3 Å². The predicted octanol–water partition coefficient (Wildman–Crippen LogP) is 1.97. The first-order valence-corrected chi connectivity index (χ1v) is 5.67. The van der Waals surface area contributed by atoms with Crippen LogP contribution in [0.2, 0.25) is 0 Å². The molecule has 0 spiro atoms. The number of hydrogen-bond acceptors (Lipinski definition) is 2. The van der Waals surface area contributed by atoms with Gasteiger partial charge in [0.1, 0.15) is 0 Å². The van der Waals surface area contributed by atoms with E-state index in [1.165, 1.54) is 5.56 Å². The van der Waals surface area contributed by atoms with E-state index in [2.05, 4.69) is 30.4 Å². The van der Waals surface area contributed by atoms with Crippen molar-refractivity contribution in [1.82, 2.24) is 5.32 Å². The summed E-state index contributed by atoms with van der Waals surface area (Å²) >= 11 is 0. The maximum atomic E-state index is 11.5. The molecule has 0 aliphatic heterocycles. The van der Waals surface area contributed by atoms with Gasteiger partial charge in [-0.2, -0.15) is 0 Å². The number of benzene rings is 1. The SMILES string of the molecule is C#CCNCC(=O)Nc1ccc(C(C)C)cc1. The van der Waals surface area contributed by atoms with Crippen LogP contribution >= 0.6 is 0 Å². The second kappa shape index (κ2) is 6.72. The van der Waals surface area contributed by atoms with Gasteiger partial charge in [0.25, 0.3) is 0 Å². The minimum atomic E-state index is -0.0856. The molecule has 1 aromatic rings. The van der Waals surface area contributed by atoms with Gasteiger partial charge in [0.05, 0.1) is 13.1 Å². The molecule has 0 unspecified atom stereocenters. The van der Waals surface area contributed by atoms with Gasteiger partial charge in [-0.15, -0.1) is 6.42 Å². The molecule has 0 heterocycles. The quantitative estimate of drug-likeness (QED) is 0.600. The summed E-state index contributed by atoms with van der Waals surface area (Å²) in [4.78, 5) is 11.5. The molecule has 0 aromatic heterocycles. The first-order chi connectivity index (χ1) is 8.13. The summed E-state index contributed by atoms with van der Waals surface area (Å²) in [6.45, 7) is 4.91. The van der Waals surface area contributed by atoms with Crippen LogP contribution in [0.4, 0.5) is 5.69 Å². The van der Waals surface area contributed by atoms with E-state index < -0.39 is 0 Å². The summed E-state index contributed by atoms with van der Waals surface area (Å²) in [6, 6.07) is 7.87. The Hall–Kier alpha value is -1.79. The van der Waals surface area contributed by atoms with E-state index in [1.54, 1.807) is 0 Å². The maximum absolute atomic E-state index is 11.5. The third-order valence-corrected chi connectivity index (χ3v) is 2.37. The first kappa shape index (κ1) is 13.3. The molecule has 1 aromatic carbocycles. The Kier molecular flexibility index (Phi) is 5.25. The molecule has 0 aliphatic rings. The van der Waals surface area contributed by atoms with Crippen LogP contribution in [-0.2, 0) is 4.79 Å².